The highest BCUT2D eigenvalue weighted by atomic mass is 15.2. The average molecular weight is 873 g/mol. The van der Waals surface area contributed by atoms with Gasteiger partial charge in [0.25, 0.3) is 0 Å². The van der Waals surface area contributed by atoms with Crippen LogP contribution in [0.25, 0.3) is 54.6 Å². The fourth-order valence-corrected chi connectivity index (χ4v) is 10.4. The molecule has 0 saturated carbocycles. The normalized spacial score (nSPS) is 11.5. The van der Waals surface area contributed by atoms with Gasteiger partial charge < -0.3 is 9.80 Å². The van der Waals surface area contributed by atoms with Crippen LogP contribution in [0, 0.1) is 27.7 Å². The van der Waals surface area contributed by atoms with Crippen LogP contribution >= 0.6 is 0 Å². The highest BCUT2D eigenvalue weighted by Crippen LogP contribution is 2.52. The highest BCUT2D eigenvalue weighted by Gasteiger charge is 2.27. The van der Waals surface area contributed by atoms with Crippen molar-refractivity contribution in [3.05, 3.63) is 215 Å². The van der Waals surface area contributed by atoms with Gasteiger partial charge in [-0.1, -0.05) is 181 Å². The van der Waals surface area contributed by atoms with Gasteiger partial charge >= 0.3 is 0 Å². The molecule has 0 aromatic heterocycles. The van der Waals surface area contributed by atoms with Crippen LogP contribution in [0.1, 0.15) is 93.2 Å². The summed E-state index contributed by atoms with van der Waals surface area (Å²) in [4.78, 5) is 5.05. The molecular weight excluding hydrogens is 809 g/mol. The molecule has 334 valence electrons. The molecule has 0 radical (unpaired) electrons. The van der Waals surface area contributed by atoms with E-state index >= 15 is 0 Å². The molecular formula is C65H64N2. The van der Waals surface area contributed by atoms with Crippen molar-refractivity contribution in [3.63, 3.8) is 0 Å². The van der Waals surface area contributed by atoms with Crippen LogP contribution in [-0.4, -0.2) is 0 Å². The van der Waals surface area contributed by atoms with E-state index in [9.17, 15) is 0 Å². The van der Waals surface area contributed by atoms with E-state index in [0.717, 1.165) is 11.4 Å². The largest absolute Gasteiger partial charge is 0.310 e. The zero-order valence-electron chi connectivity index (χ0n) is 41.1. The van der Waals surface area contributed by atoms with Crippen LogP contribution < -0.4 is 9.80 Å². The van der Waals surface area contributed by atoms with Crippen molar-refractivity contribution in [2.75, 3.05) is 9.80 Å². The highest BCUT2D eigenvalue weighted by molar-refractivity contribution is 6.29. The Morgan fingerprint density at radius 2 is 0.672 bits per heavy atom. The molecule has 0 unspecified atom stereocenters. The van der Waals surface area contributed by atoms with E-state index in [4.69, 9.17) is 0 Å². The smallest absolute Gasteiger partial charge is 0.0543 e. The molecule has 67 heavy (non-hydrogen) atoms. The maximum absolute atomic E-state index is 2.52. The first-order valence-electron chi connectivity index (χ1n) is 24.3. The molecule has 10 aromatic carbocycles. The number of aryl methyl sites for hydroxylation is 2. The third-order valence-corrected chi connectivity index (χ3v) is 13.6. The summed E-state index contributed by atoms with van der Waals surface area (Å²) < 4.78 is 0. The number of para-hydroxylation sites is 2. The molecule has 0 spiro atoms. The summed E-state index contributed by atoms with van der Waals surface area (Å²) in [6.45, 7) is 22.7. The molecule has 0 aliphatic carbocycles. The van der Waals surface area contributed by atoms with E-state index in [1.807, 2.05) is 0 Å². The van der Waals surface area contributed by atoms with Gasteiger partial charge in [-0.15, -0.1) is 0 Å². The zero-order valence-corrected chi connectivity index (χ0v) is 41.1. The predicted octanol–water partition coefficient (Wildman–Crippen LogP) is 19.8. The van der Waals surface area contributed by atoms with Crippen molar-refractivity contribution >= 4 is 66.4 Å². The van der Waals surface area contributed by atoms with Crippen LogP contribution in [0.2, 0.25) is 0 Å². The third-order valence-electron chi connectivity index (χ3n) is 13.6. The Hall–Kier alpha value is -7.16. The van der Waals surface area contributed by atoms with Crippen molar-refractivity contribution in [2.45, 2.75) is 87.5 Å². The summed E-state index contributed by atoms with van der Waals surface area (Å²) in [5.41, 5.74) is 19.8. The Kier molecular flexibility index (Phi) is 12.8. The lowest BCUT2D eigenvalue weighted by Crippen LogP contribution is -2.14. The minimum atomic E-state index is 0.289. The van der Waals surface area contributed by atoms with Crippen molar-refractivity contribution in [1.29, 1.82) is 0 Å². The van der Waals surface area contributed by atoms with Gasteiger partial charge in [0.15, 0.2) is 0 Å². The van der Waals surface area contributed by atoms with E-state index < -0.39 is 0 Å². The number of nitrogens with zero attached hydrogens (tertiary/aromatic N) is 2. The summed E-state index contributed by atoms with van der Waals surface area (Å²) in [5.74, 6) is 0.578. The Bertz CT molecular complexity index is 3120. The fourth-order valence-electron chi connectivity index (χ4n) is 10.4. The second kappa shape index (κ2) is 19.0. The molecule has 0 aliphatic heterocycles. The monoisotopic (exact) mass is 873 g/mol. The minimum absolute atomic E-state index is 0.289. The second-order valence-corrected chi connectivity index (χ2v) is 18.9. The lowest BCUT2D eigenvalue weighted by Gasteiger charge is -2.33. The lowest BCUT2D eigenvalue weighted by atomic mass is 9.83. The van der Waals surface area contributed by atoms with Gasteiger partial charge in [0.1, 0.15) is 0 Å². The number of benzene rings is 10. The van der Waals surface area contributed by atoms with E-state index in [1.54, 1.807) is 0 Å². The molecule has 2 heteroatoms. The van der Waals surface area contributed by atoms with Crippen molar-refractivity contribution in [1.82, 2.24) is 0 Å². The summed E-state index contributed by atoms with van der Waals surface area (Å²) in [7, 11) is 0. The van der Waals surface area contributed by atoms with E-state index in [1.165, 1.54) is 117 Å². The lowest BCUT2D eigenvalue weighted by molar-refractivity contribution is 0.875. The molecule has 10 aromatic rings. The molecule has 0 bridgehead atoms. The van der Waals surface area contributed by atoms with Crippen LogP contribution in [0.15, 0.2) is 182 Å². The van der Waals surface area contributed by atoms with Gasteiger partial charge in [0.2, 0.25) is 0 Å². The molecule has 0 saturated heterocycles. The predicted molar refractivity (Wildman–Crippen MR) is 293 cm³/mol. The molecule has 0 atom stereocenters. The van der Waals surface area contributed by atoms with Crippen molar-refractivity contribution in [2.24, 2.45) is 0 Å². The molecule has 0 aliphatic rings. The summed E-state index contributed by atoms with van der Waals surface area (Å²) >= 11 is 0. The Morgan fingerprint density at radius 1 is 0.343 bits per heavy atom. The van der Waals surface area contributed by atoms with Crippen LogP contribution in [-0.2, 0) is 0 Å². The molecule has 0 heterocycles. The van der Waals surface area contributed by atoms with E-state index in [2.05, 4.69) is 261 Å². The van der Waals surface area contributed by atoms with Crippen molar-refractivity contribution in [3.8, 4) is 22.3 Å². The SMILES string of the molecule is CCC.Cc1ccccc1-c1cccc(N(c2ccccc2)c2cc(C(C)C)c3ccc4c(N(c5ccccc5)c5cccc(-c6ccccc6C)c5C)cc(C(C)C)c5ccc2c3c54)c1C. The van der Waals surface area contributed by atoms with Crippen LogP contribution in [0.5, 0.6) is 0 Å². The van der Waals surface area contributed by atoms with Gasteiger partial charge in [-0.25, -0.2) is 0 Å². The summed E-state index contributed by atoms with van der Waals surface area (Å²) in [5, 5.41) is 7.79. The molecule has 0 amide bonds. The molecule has 0 N–H and O–H groups in total. The first-order valence-corrected chi connectivity index (χ1v) is 24.3. The molecule has 0 fully saturated rings. The van der Waals surface area contributed by atoms with Crippen LogP contribution in [0.4, 0.5) is 34.1 Å². The van der Waals surface area contributed by atoms with Gasteiger partial charge in [0, 0.05) is 33.5 Å². The van der Waals surface area contributed by atoms with E-state index in [-0.39, 0.29) is 11.8 Å². The van der Waals surface area contributed by atoms with Crippen molar-refractivity contribution < 1.29 is 0 Å². The van der Waals surface area contributed by atoms with Gasteiger partial charge in [-0.3, -0.25) is 0 Å². The average Bonchev–Trinajstić information content (AvgIpc) is 3.33. The van der Waals surface area contributed by atoms with Gasteiger partial charge in [-0.05, 0) is 165 Å². The number of anilines is 6. The first kappa shape index (κ1) is 45.0. The fraction of sp³-hybridized carbons (Fsp3) is 0.200. The number of hydrogen-bond acceptors (Lipinski definition) is 2. The summed E-state index contributed by atoms with van der Waals surface area (Å²) in [6.07, 6.45) is 1.25. The summed E-state index contributed by atoms with van der Waals surface area (Å²) in [6, 6.07) is 67.7. The van der Waals surface area contributed by atoms with Gasteiger partial charge in [0.05, 0.1) is 11.4 Å². The molecule has 10 rings (SSSR count). The van der Waals surface area contributed by atoms with E-state index in [0.29, 0.717) is 0 Å². The maximum atomic E-state index is 2.52. The van der Waals surface area contributed by atoms with Crippen LogP contribution in [0.3, 0.4) is 0 Å². The Labute approximate surface area is 399 Å². The van der Waals surface area contributed by atoms with Gasteiger partial charge in [-0.2, -0.15) is 0 Å². The Balaban J connectivity index is 0.00000183. The second-order valence-electron chi connectivity index (χ2n) is 18.9. The number of rotatable bonds is 10. The zero-order chi connectivity index (χ0) is 46.9. The standard InChI is InChI=1S/C62H56N2.C3H8/c1-39(2)55-37-59(63(45-23-11-9-12-24-45)57-31-19-29-49(43(57)7)47-27-17-15-21-41(47)5)53-36-34-52-56(40(3)4)38-60(54-35-33-51(55)61(53)62(52)54)64(46-25-13-10-14-26-46)58-32-20-30-50(44(58)8)48-28-18-16-22-42(48)6;1-3-2/h9-40H,1-8H3;3H2,1-2H3. The Morgan fingerprint density at radius 3 is 1.03 bits per heavy atom. The molecule has 2 nitrogen and oxygen atoms in total. The third kappa shape index (κ3) is 8.14. The maximum Gasteiger partial charge on any atom is 0.0543 e. The first-order chi connectivity index (χ1) is 32.5. The number of hydrogen-bond donors (Lipinski definition) is 0. The minimum Gasteiger partial charge on any atom is -0.310 e. The quantitative estimate of drug-likeness (QED) is 0.126. The topological polar surface area (TPSA) is 6.48 Å².